The van der Waals surface area contributed by atoms with E-state index in [1.54, 1.807) is 12.1 Å². The summed E-state index contributed by atoms with van der Waals surface area (Å²) in [6.45, 7) is 4.65. The first-order chi connectivity index (χ1) is 24.0. The van der Waals surface area contributed by atoms with E-state index in [0.29, 0.717) is 0 Å². The maximum Gasteiger partial charge on any atom is 0.125 e. The SMILES string of the molecule is CC1(C)c2ccccc2N(c2cc(-c3ccc(N(c4ccccc4)c4cccc(F)c4)cc3)c3sc4ccccc4c3c2)c2ccccc21. The van der Waals surface area contributed by atoms with E-state index in [1.165, 1.54) is 54.3 Å². The van der Waals surface area contributed by atoms with Gasteiger partial charge in [0.05, 0.1) is 11.4 Å². The number of para-hydroxylation sites is 3. The lowest BCUT2D eigenvalue weighted by Gasteiger charge is -2.42. The highest BCUT2D eigenvalue weighted by Crippen LogP contribution is 2.53. The van der Waals surface area contributed by atoms with Gasteiger partial charge >= 0.3 is 0 Å². The van der Waals surface area contributed by atoms with Crippen LogP contribution in [0.25, 0.3) is 31.3 Å². The third kappa shape index (κ3) is 4.82. The first-order valence-electron chi connectivity index (χ1n) is 16.6. The Hall–Kier alpha value is -5.71. The fourth-order valence-corrected chi connectivity index (χ4v) is 8.75. The highest BCUT2D eigenvalue weighted by Gasteiger charge is 2.36. The molecule has 4 heteroatoms. The average Bonchev–Trinajstić information content (AvgIpc) is 3.51. The van der Waals surface area contributed by atoms with Gasteiger partial charge in [0.15, 0.2) is 0 Å². The predicted molar refractivity (Wildman–Crippen MR) is 206 cm³/mol. The maximum atomic E-state index is 14.5. The van der Waals surface area contributed by atoms with Gasteiger partial charge in [0.25, 0.3) is 0 Å². The molecule has 0 amide bonds. The van der Waals surface area contributed by atoms with Crippen molar-refractivity contribution in [3.8, 4) is 11.1 Å². The normalized spacial score (nSPS) is 13.3. The number of thiophene rings is 1. The fraction of sp³-hybridized carbons (Fsp3) is 0.0667. The number of benzene rings is 7. The number of halogens is 1. The molecule has 1 aromatic heterocycles. The highest BCUT2D eigenvalue weighted by atomic mass is 32.1. The van der Waals surface area contributed by atoms with Crippen molar-refractivity contribution in [1.82, 2.24) is 0 Å². The second kappa shape index (κ2) is 11.5. The lowest BCUT2D eigenvalue weighted by Crippen LogP contribution is -2.30. The molecule has 0 N–H and O–H groups in total. The number of anilines is 6. The average molecular weight is 653 g/mol. The summed E-state index contributed by atoms with van der Waals surface area (Å²) in [6.07, 6.45) is 0. The summed E-state index contributed by atoms with van der Waals surface area (Å²) < 4.78 is 17.0. The molecule has 2 heterocycles. The smallest absolute Gasteiger partial charge is 0.125 e. The Bertz CT molecular complexity index is 2450. The van der Waals surface area contributed by atoms with Crippen molar-refractivity contribution in [1.29, 1.82) is 0 Å². The molecular weight excluding hydrogens is 620 g/mol. The Morgan fingerprint density at radius 1 is 0.551 bits per heavy atom. The molecule has 0 spiro atoms. The molecule has 0 atom stereocenters. The molecular formula is C45H33FN2S. The Labute approximate surface area is 289 Å². The quantitative estimate of drug-likeness (QED) is 0.183. The first kappa shape index (κ1) is 29.4. The van der Waals surface area contributed by atoms with Crippen LogP contribution in [0.3, 0.4) is 0 Å². The lowest BCUT2D eigenvalue weighted by atomic mass is 9.73. The first-order valence-corrected chi connectivity index (χ1v) is 17.4. The monoisotopic (exact) mass is 652 g/mol. The summed E-state index contributed by atoms with van der Waals surface area (Å²) in [5.41, 5.74) is 11.1. The molecule has 0 fully saturated rings. The van der Waals surface area contributed by atoms with Crippen molar-refractivity contribution < 1.29 is 4.39 Å². The van der Waals surface area contributed by atoms with Crippen molar-refractivity contribution >= 4 is 65.6 Å². The van der Waals surface area contributed by atoms with E-state index >= 15 is 0 Å². The molecule has 1 aliphatic heterocycles. The number of rotatable bonds is 5. The topological polar surface area (TPSA) is 6.48 Å². The van der Waals surface area contributed by atoms with Gasteiger partial charge in [-0.3, -0.25) is 0 Å². The standard InChI is InChI=1S/C45H33FN2S/c1-45(2)39-18-7-9-20-41(39)48(42-21-10-8-19-40(42)45)35-28-37(44-38(29-35)36-17-6-11-22-43(36)49-44)30-23-25-33(26-24-30)47(32-14-4-3-5-15-32)34-16-12-13-31(46)27-34/h3-29H,1-2H3. The fourth-order valence-electron chi connectivity index (χ4n) is 7.53. The summed E-state index contributed by atoms with van der Waals surface area (Å²) in [4.78, 5) is 4.54. The summed E-state index contributed by atoms with van der Waals surface area (Å²) in [6, 6.07) is 56.7. The minimum absolute atomic E-state index is 0.131. The number of fused-ring (bicyclic) bond motifs is 5. The molecule has 0 bridgehead atoms. The van der Waals surface area contributed by atoms with Crippen LogP contribution in [0.2, 0.25) is 0 Å². The molecule has 9 rings (SSSR count). The van der Waals surface area contributed by atoms with Crippen LogP contribution in [0.1, 0.15) is 25.0 Å². The zero-order valence-corrected chi connectivity index (χ0v) is 28.1. The molecule has 0 unspecified atom stereocenters. The van der Waals surface area contributed by atoms with Crippen LogP contribution in [-0.2, 0) is 5.41 Å². The zero-order chi connectivity index (χ0) is 33.1. The molecule has 236 valence electrons. The van der Waals surface area contributed by atoms with Gasteiger partial charge in [0.2, 0.25) is 0 Å². The van der Waals surface area contributed by atoms with Gasteiger partial charge in [-0.1, -0.05) is 105 Å². The van der Waals surface area contributed by atoms with Crippen LogP contribution in [-0.4, -0.2) is 0 Å². The molecule has 0 radical (unpaired) electrons. The Morgan fingerprint density at radius 3 is 1.88 bits per heavy atom. The van der Waals surface area contributed by atoms with E-state index in [1.807, 2.05) is 35.6 Å². The van der Waals surface area contributed by atoms with Gasteiger partial charge < -0.3 is 9.80 Å². The van der Waals surface area contributed by atoms with Crippen LogP contribution < -0.4 is 9.80 Å². The number of hydrogen-bond donors (Lipinski definition) is 0. The highest BCUT2D eigenvalue weighted by molar-refractivity contribution is 7.26. The van der Waals surface area contributed by atoms with Crippen LogP contribution in [0.15, 0.2) is 164 Å². The number of nitrogens with zero attached hydrogens (tertiary/aromatic N) is 2. The molecule has 0 saturated heterocycles. The van der Waals surface area contributed by atoms with Gasteiger partial charge in [-0.2, -0.15) is 0 Å². The largest absolute Gasteiger partial charge is 0.310 e. The van der Waals surface area contributed by atoms with E-state index in [0.717, 1.165) is 28.3 Å². The van der Waals surface area contributed by atoms with Gasteiger partial charge in [-0.05, 0) is 89.5 Å². The zero-order valence-electron chi connectivity index (χ0n) is 27.3. The Balaban J connectivity index is 1.25. The Kier molecular flexibility index (Phi) is 6.89. The van der Waals surface area contributed by atoms with Gasteiger partial charge in [0, 0.05) is 53.9 Å². The second-order valence-electron chi connectivity index (χ2n) is 13.2. The minimum atomic E-state index is -0.261. The summed E-state index contributed by atoms with van der Waals surface area (Å²) in [7, 11) is 0. The molecule has 1 aliphatic rings. The van der Waals surface area contributed by atoms with Gasteiger partial charge in [-0.15, -0.1) is 11.3 Å². The van der Waals surface area contributed by atoms with E-state index < -0.39 is 0 Å². The van der Waals surface area contributed by atoms with Crippen LogP contribution in [0, 0.1) is 5.82 Å². The van der Waals surface area contributed by atoms with E-state index in [-0.39, 0.29) is 11.2 Å². The molecule has 0 saturated carbocycles. The van der Waals surface area contributed by atoms with Crippen molar-refractivity contribution in [2.24, 2.45) is 0 Å². The lowest BCUT2D eigenvalue weighted by molar-refractivity contribution is 0.628. The minimum Gasteiger partial charge on any atom is -0.310 e. The molecule has 49 heavy (non-hydrogen) atoms. The van der Waals surface area contributed by atoms with Crippen molar-refractivity contribution in [2.45, 2.75) is 19.3 Å². The second-order valence-corrected chi connectivity index (χ2v) is 14.2. The van der Waals surface area contributed by atoms with Gasteiger partial charge in [-0.25, -0.2) is 4.39 Å². The maximum absolute atomic E-state index is 14.5. The Morgan fingerprint density at radius 2 is 1.16 bits per heavy atom. The third-order valence-electron chi connectivity index (χ3n) is 9.88. The molecule has 8 aromatic rings. The third-order valence-corrected chi connectivity index (χ3v) is 11.1. The summed E-state index contributed by atoms with van der Waals surface area (Å²) in [5.74, 6) is -0.261. The predicted octanol–water partition coefficient (Wildman–Crippen LogP) is 13.4. The number of hydrogen-bond acceptors (Lipinski definition) is 3. The van der Waals surface area contributed by atoms with E-state index in [2.05, 4.69) is 145 Å². The van der Waals surface area contributed by atoms with E-state index in [4.69, 9.17) is 0 Å². The summed E-state index contributed by atoms with van der Waals surface area (Å²) in [5, 5.41) is 2.52. The van der Waals surface area contributed by atoms with E-state index in [9.17, 15) is 4.39 Å². The van der Waals surface area contributed by atoms with Crippen molar-refractivity contribution in [3.63, 3.8) is 0 Å². The van der Waals surface area contributed by atoms with Crippen LogP contribution in [0.4, 0.5) is 38.5 Å². The van der Waals surface area contributed by atoms with Crippen molar-refractivity contribution in [3.05, 3.63) is 181 Å². The van der Waals surface area contributed by atoms with Crippen LogP contribution >= 0.6 is 11.3 Å². The summed E-state index contributed by atoms with van der Waals surface area (Å²) >= 11 is 1.84. The van der Waals surface area contributed by atoms with Crippen LogP contribution in [0.5, 0.6) is 0 Å². The van der Waals surface area contributed by atoms with Crippen molar-refractivity contribution in [2.75, 3.05) is 9.80 Å². The van der Waals surface area contributed by atoms with Gasteiger partial charge in [0.1, 0.15) is 5.82 Å². The molecule has 2 nitrogen and oxygen atoms in total. The molecule has 0 aliphatic carbocycles. The molecule has 7 aromatic carbocycles.